The van der Waals surface area contributed by atoms with Gasteiger partial charge in [-0.1, -0.05) is 28.9 Å². The number of furan rings is 1. The zero-order valence-electron chi connectivity index (χ0n) is 18.4. The highest BCUT2D eigenvalue weighted by atomic mass is 16.5. The van der Waals surface area contributed by atoms with E-state index in [1.54, 1.807) is 4.68 Å². The molecule has 166 valence electrons. The second-order valence-electron chi connectivity index (χ2n) is 8.12. The van der Waals surface area contributed by atoms with E-state index in [0.29, 0.717) is 47.6 Å². The molecule has 0 spiro atoms. The first-order valence-electron chi connectivity index (χ1n) is 10.8. The van der Waals surface area contributed by atoms with Crippen molar-refractivity contribution in [3.05, 3.63) is 59.9 Å². The van der Waals surface area contributed by atoms with Crippen LogP contribution in [0.4, 0.5) is 5.82 Å². The molecule has 9 nitrogen and oxygen atoms in total. The minimum absolute atomic E-state index is 0.476. The molecule has 0 radical (unpaired) electrons. The van der Waals surface area contributed by atoms with Gasteiger partial charge in [-0.25, -0.2) is 9.67 Å². The van der Waals surface area contributed by atoms with E-state index in [2.05, 4.69) is 29.1 Å². The number of aromatic nitrogens is 5. The van der Waals surface area contributed by atoms with Crippen LogP contribution in [-0.4, -0.2) is 51.2 Å². The maximum absolute atomic E-state index is 6.16. The first-order chi connectivity index (χ1) is 16.1. The molecule has 0 saturated carbocycles. The summed E-state index contributed by atoms with van der Waals surface area (Å²) in [5.74, 6) is 2.31. The summed E-state index contributed by atoms with van der Waals surface area (Å²) in [4.78, 5) is 11.8. The van der Waals surface area contributed by atoms with Gasteiger partial charge >= 0.3 is 0 Å². The van der Waals surface area contributed by atoms with Crippen molar-refractivity contribution in [2.75, 3.05) is 31.2 Å². The van der Waals surface area contributed by atoms with Crippen molar-refractivity contribution in [1.82, 2.24) is 24.9 Å². The first-order valence-corrected chi connectivity index (χ1v) is 10.8. The third-order valence-corrected chi connectivity index (χ3v) is 5.63. The highest BCUT2D eigenvalue weighted by Crippen LogP contribution is 2.33. The molecule has 0 amide bonds. The van der Waals surface area contributed by atoms with Gasteiger partial charge < -0.3 is 18.6 Å². The van der Waals surface area contributed by atoms with Crippen LogP contribution < -0.4 is 4.90 Å². The Kier molecular flexibility index (Phi) is 4.69. The lowest BCUT2D eigenvalue weighted by atomic mass is 10.1. The summed E-state index contributed by atoms with van der Waals surface area (Å²) in [6.45, 7) is 6.65. The number of morpholine rings is 1. The van der Waals surface area contributed by atoms with Crippen LogP contribution in [0.2, 0.25) is 0 Å². The summed E-state index contributed by atoms with van der Waals surface area (Å²) >= 11 is 0. The van der Waals surface area contributed by atoms with Gasteiger partial charge in [-0.05, 0) is 26.0 Å². The van der Waals surface area contributed by atoms with Gasteiger partial charge in [0, 0.05) is 37.0 Å². The summed E-state index contributed by atoms with van der Waals surface area (Å²) < 4.78 is 18.8. The number of benzene rings is 1. The summed E-state index contributed by atoms with van der Waals surface area (Å²) in [6.07, 6.45) is 1.88. The third kappa shape index (κ3) is 3.66. The largest absolute Gasteiger partial charge is 0.447 e. The fourth-order valence-electron chi connectivity index (χ4n) is 3.99. The molecule has 1 saturated heterocycles. The fraction of sp³-hybridized carbons (Fsp3) is 0.250. The molecule has 6 rings (SSSR count). The molecule has 0 unspecified atom stereocenters. The van der Waals surface area contributed by atoms with Gasteiger partial charge in [0.2, 0.25) is 5.76 Å². The van der Waals surface area contributed by atoms with E-state index in [0.717, 1.165) is 30.0 Å². The molecule has 5 heterocycles. The molecule has 9 heteroatoms. The number of hydrogen-bond acceptors (Lipinski definition) is 8. The summed E-state index contributed by atoms with van der Waals surface area (Å²) in [7, 11) is 0. The number of ether oxygens (including phenoxy) is 1. The molecule has 4 aromatic heterocycles. The number of anilines is 1. The van der Waals surface area contributed by atoms with E-state index >= 15 is 0 Å². The van der Waals surface area contributed by atoms with E-state index in [4.69, 9.17) is 28.7 Å². The van der Waals surface area contributed by atoms with Crippen molar-refractivity contribution in [3.63, 3.8) is 0 Å². The lowest BCUT2D eigenvalue weighted by Crippen LogP contribution is -2.37. The lowest BCUT2D eigenvalue weighted by Gasteiger charge is -2.27. The quantitative estimate of drug-likeness (QED) is 0.409. The fourth-order valence-corrected chi connectivity index (χ4v) is 3.99. The van der Waals surface area contributed by atoms with Gasteiger partial charge in [-0.3, -0.25) is 0 Å². The molecule has 33 heavy (non-hydrogen) atoms. The molecule has 5 aromatic rings. The van der Waals surface area contributed by atoms with Crippen molar-refractivity contribution in [3.8, 4) is 28.7 Å². The molecule has 1 aromatic carbocycles. The molecule has 1 fully saturated rings. The van der Waals surface area contributed by atoms with Crippen LogP contribution >= 0.6 is 0 Å². The third-order valence-electron chi connectivity index (χ3n) is 5.63. The van der Waals surface area contributed by atoms with Crippen LogP contribution in [0.15, 0.2) is 57.6 Å². The van der Waals surface area contributed by atoms with E-state index < -0.39 is 0 Å². The number of nitrogens with zero attached hydrogens (tertiary/aromatic N) is 6. The number of hydrogen-bond donors (Lipinski definition) is 0. The van der Waals surface area contributed by atoms with Crippen molar-refractivity contribution < 1.29 is 13.7 Å². The Morgan fingerprint density at radius 1 is 0.939 bits per heavy atom. The maximum atomic E-state index is 6.16. The molecule has 1 aliphatic rings. The Hall–Kier alpha value is -3.98. The Morgan fingerprint density at radius 3 is 2.61 bits per heavy atom. The van der Waals surface area contributed by atoms with Gasteiger partial charge in [0.05, 0.1) is 24.6 Å². The zero-order chi connectivity index (χ0) is 22.4. The normalized spacial score (nSPS) is 14.3. The number of aryl methyl sites for hydroxylation is 2. The van der Waals surface area contributed by atoms with E-state index in [1.807, 2.05) is 43.5 Å². The van der Waals surface area contributed by atoms with Crippen LogP contribution in [-0.2, 0) is 4.74 Å². The monoisotopic (exact) mass is 442 g/mol. The van der Waals surface area contributed by atoms with Crippen LogP contribution in [0.25, 0.3) is 39.8 Å². The van der Waals surface area contributed by atoms with Gasteiger partial charge in [0.25, 0.3) is 5.95 Å². The van der Waals surface area contributed by atoms with Crippen molar-refractivity contribution >= 4 is 16.9 Å². The molecular weight excluding hydrogens is 420 g/mol. The zero-order valence-corrected chi connectivity index (χ0v) is 18.4. The molecule has 0 aliphatic carbocycles. The van der Waals surface area contributed by atoms with E-state index in [1.165, 1.54) is 5.56 Å². The smallest absolute Gasteiger partial charge is 0.253 e. The molecular formula is C24H22N6O3. The number of rotatable bonds is 4. The summed E-state index contributed by atoms with van der Waals surface area (Å²) in [5, 5.41) is 8.71. The van der Waals surface area contributed by atoms with Gasteiger partial charge in [0.1, 0.15) is 5.52 Å². The summed E-state index contributed by atoms with van der Waals surface area (Å²) in [6, 6.07) is 13.9. The van der Waals surface area contributed by atoms with E-state index in [9.17, 15) is 0 Å². The van der Waals surface area contributed by atoms with Crippen LogP contribution in [0.3, 0.4) is 0 Å². The highest BCUT2D eigenvalue weighted by molar-refractivity contribution is 5.88. The SMILES string of the molecule is Cc1cccc(-c2ccn(-c3nc(N4CCOCC4)c4oc(-c5cc(C)no5)cc4n3)n2)c1. The van der Waals surface area contributed by atoms with Crippen molar-refractivity contribution in [2.24, 2.45) is 0 Å². The van der Waals surface area contributed by atoms with Gasteiger partial charge in [0.15, 0.2) is 17.2 Å². The average Bonchev–Trinajstić information content (AvgIpc) is 3.58. The Balaban J connectivity index is 1.47. The Bertz CT molecular complexity index is 1440. The molecule has 0 bridgehead atoms. The minimum atomic E-state index is 0.476. The molecule has 0 N–H and O–H groups in total. The van der Waals surface area contributed by atoms with Crippen LogP contribution in [0, 0.1) is 13.8 Å². The second-order valence-corrected chi connectivity index (χ2v) is 8.12. The topological polar surface area (TPSA) is 95.2 Å². The lowest BCUT2D eigenvalue weighted by molar-refractivity contribution is 0.122. The van der Waals surface area contributed by atoms with Gasteiger partial charge in [-0.15, -0.1) is 0 Å². The first kappa shape index (κ1) is 19.7. The highest BCUT2D eigenvalue weighted by Gasteiger charge is 2.23. The van der Waals surface area contributed by atoms with Gasteiger partial charge in [-0.2, -0.15) is 10.1 Å². The molecule has 0 atom stereocenters. The Morgan fingerprint density at radius 2 is 1.82 bits per heavy atom. The standard InChI is InChI=1S/C24H22N6O3/c1-15-4-3-5-17(12-15)18-6-7-30(27-18)24-25-19-14-20(21-13-16(2)28-33-21)32-22(19)23(26-24)29-8-10-31-11-9-29/h3-7,12-14H,8-11H2,1-2H3. The predicted octanol–water partition coefficient (Wildman–Crippen LogP) is 4.18. The molecule has 1 aliphatic heterocycles. The minimum Gasteiger partial charge on any atom is -0.447 e. The average molecular weight is 442 g/mol. The number of fused-ring (bicyclic) bond motifs is 1. The van der Waals surface area contributed by atoms with E-state index in [-0.39, 0.29) is 0 Å². The Labute approximate surface area is 189 Å². The predicted molar refractivity (Wildman–Crippen MR) is 122 cm³/mol. The van der Waals surface area contributed by atoms with Crippen LogP contribution in [0.5, 0.6) is 0 Å². The second kappa shape index (κ2) is 7.86. The van der Waals surface area contributed by atoms with Crippen molar-refractivity contribution in [2.45, 2.75) is 13.8 Å². The van der Waals surface area contributed by atoms with Crippen LogP contribution in [0.1, 0.15) is 11.3 Å². The maximum Gasteiger partial charge on any atom is 0.253 e. The summed E-state index contributed by atoms with van der Waals surface area (Å²) in [5.41, 5.74) is 5.16. The van der Waals surface area contributed by atoms with Crippen molar-refractivity contribution in [1.29, 1.82) is 0 Å².